The molecule has 0 aliphatic carbocycles. The zero-order valence-corrected chi connectivity index (χ0v) is 17.1. The second-order valence-corrected chi connectivity index (χ2v) is 8.67. The molecule has 124 valence electrons. The van der Waals surface area contributed by atoms with Gasteiger partial charge in [0, 0.05) is 16.6 Å². The molecule has 0 radical (unpaired) electrons. The van der Waals surface area contributed by atoms with Crippen molar-refractivity contribution in [3.8, 4) is 5.75 Å². The summed E-state index contributed by atoms with van der Waals surface area (Å²) in [6.45, 7) is 2.64. The van der Waals surface area contributed by atoms with Crippen molar-refractivity contribution >= 4 is 54.7 Å². The van der Waals surface area contributed by atoms with Crippen LogP contribution in [-0.2, 0) is 0 Å². The largest absolute Gasteiger partial charge is 0.493 e. The van der Waals surface area contributed by atoms with Gasteiger partial charge in [0.25, 0.3) is 0 Å². The van der Waals surface area contributed by atoms with Gasteiger partial charge in [0.15, 0.2) is 5.16 Å². The number of aromatic nitrogens is 2. The minimum atomic E-state index is 0.225. The molecule has 0 amide bonds. The zero-order valence-electron chi connectivity index (χ0n) is 13.1. The summed E-state index contributed by atoms with van der Waals surface area (Å²) in [6, 6.07) is 15.0. The van der Waals surface area contributed by atoms with Crippen molar-refractivity contribution in [2.45, 2.75) is 22.9 Å². The molecule has 3 aromatic rings. The van der Waals surface area contributed by atoms with Crippen molar-refractivity contribution in [1.29, 1.82) is 0 Å². The van der Waals surface area contributed by atoms with Gasteiger partial charge in [-0.3, -0.25) is 0 Å². The summed E-state index contributed by atoms with van der Waals surface area (Å²) < 4.78 is 9.06. The van der Waals surface area contributed by atoms with Crippen LogP contribution in [0.5, 0.6) is 5.75 Å². The lowest BCUT2D eigenvalue weighted by Crippen LogP contribution is -2.27. The third-order valence-electron chi connectivity index (χ3n) is 4.14. The molecule has 2 heterocycles. The van der Waals surface area contributed by atoms with Crippen LogP contribution in [0.3, 0.4) is 0 Å². The van der Waals surface area contributed by atoms with E-state index in [0.717, 1.165) is 32.2 Å². The summed E-state index contributed by atoms with van der Waals surface area (Å²) >= 11 is 9.27. The highest BCUT2D eigenvalue weighted by atomic mass is 79.9. The first kappa shape index (κ1) is 16.5. The minimum Gasteiger partial charge on any atom is -0.493 e. The maximum absolute atomic E-state index is 5.77. The normalized spacial score (nSPS) is 20.1. The average molecular weight is 468 g/mol. The van der Waals surface area contributed by atoms with Crippen molar-refractivity contribution in [3.05, 3.63) is 52.5 Å². The Morgan fingerprint density at radius 2 is 2.08 bits per heavy atom. The lowest BCUT2D eigenvalue weighted by molar-refractivity contribution is 0.338. The van der Waals surface area contributed by atoms with Crippen LogP contribution in [0.2, 0.25) is 0 Å². The Kier molecular flexibility index (Phi) is 4.62. The number of nitrogens with zero attached hydrogens (tertiary/aromatic N) is 2. The Bertz CT molecular complexity index is 882. The van der Waals surface area contributed by atoms with Gasteiger partial charge in [0.1, 0.15) is 5.75 Å². The van der Waals surface area contributed by atoms with E-state index in [1.54, 1.807) is 11.8 Å². The Balaban J connectivity index is 1.94. The Morgan fingerprint density at radius 1 is 1.29 bits per heavy atom. The fourth-order valence-electron chi connectivity index (χ4n) is 3.13. The van der Waals surface area contributed by atoms with Crippen LogP contribution >= 0.6 is 43.6 Å². The fourth-order valence-corrected chi connectivity index (χ4v) is 5.51. The monoisotopic (exact) mass is 466 g/mol. The first-order chi connectivity index (χ1) is 11.7. The van der Waals surface area contributed by atoms with Gasteiger partial charge in [0.2, 0.25) is 0 Å². The van der Waals surface area contributed by atoms with Crippen LogP contribution in [-0.4, -0.2) is 26.7 Å². The molecule has 24 heavy (non-hydrogen) atoms. The number of benzene rings is 2. The van der Waals surface area contributed by atoms with Gasteiger partial charge in [-0.25, -0.2) is 4.98 Å². The standard InChI is InChI=1S/C18H16Br2N2OS/c1-2-23-16-9-15-14(8-12(16)19)21-18-22(15)17(13(20)10-24-18)11-6-4-3-5-7-11/h3-9,13,17H,2,10H2,1H3. The average Bonchev–Trinajstić information content (AvgIpc) is 2.93. The molecule has 6 heteroatoms. The SMILES string of the molecule is CCOc1cc2c(cc1Br)nc1n2C(c2ccccc2)C(Br)CS1. The number of fused-ring (bicyclic) bond motifs is 3. The number of alkyl halides is 1. The number of imidazole rings is 1. The van der Waals surface area contributed by atoms with Gasteiger partial charge in [0.05, 0.1) is 28.2 Å². The number of thioether (sulfide) groups is 1. The van der Waals surface area contributed by atoms with E-state index in [9.17, 15) is 0 Å². The molecule has 4 rings (SSSR count). The van der Waals surface area contributed by atoms with E-state index in [1.165, 1.54) is 5.56 Å². The van der Waals surface area contributed by atoms with Crippen LogP contribution in [0, 0.1) is 0 Å². The minimum absolute atomic E-state index is 0.225. The molecule has 0 fully saturated rings. The highest BCUT2D eigenvalue weighted by Gasteiger charge is 2.32. The van der Waals surface area contributed by atoms with E-state index >= 15 is 0 Å². The molecule has 0 saturated heterocycles. The maximum Gasteiger partial charge on any atom is 0.169 e. The summed E-state index contributed by atoms with van der Waals surface area (Å²) in [5.41, 5.74) is 3.40. The Morgan fingerprint density at radius 3 is 2.83 bits per heavy atom. The number of ether oxygens (including phenoxy) is 1. The molecule has 3 nitrogen and oxygen atoms in total. The van der Waals surface area contributed by atoms with E-state index in [2.05, 4.69) is 78.9 Å². The van der Waals surface area contributed by atoms with Crippen LogP contribution in [0.1, 0.15) is 18.5 Å². The first-order valence-corrected chi connectivity index (χ1v) is 10.5. The molecular weight excluding hydrogens is 452 g/mol. The topological polar surface area (TPSA) is 27.1 Å². The van der Waals surface area contributed by atoms with Crippen molar-refractivity contribution in [2.24, 2.45) is 0 Å². The van der Waals surface area contributed by atoms with Crippen LogP contribution in [0.15, 0.2) is 52.1 Å². The van der Waals surface area contributed by atoms with Gasteiger partial charge in [-0.15, -0.1) is 0 Å². The Labute approximate surface area is 162 Å². The summed E-state index contributed by atoms with van der Waals surface area (Å²) in [6.07, 6.45) is 0. The molecular formula is C18H16Br2N2OS. The molecule has 1 aliphatic heterocycles. The number of hydrogen-bond acceptors (Lipinski definition) is 3. The van der Waals surface area contributed by atoms with E-state index in [-0.39, 0.29) is 6.04 Å². The molecule has 0 bridgehead atoms. The number of halogens is 2. The summed E-state index contributed by atoms with van der Waals surface area (Å²) in [4.78, 5) is 5.20. The third-order valence-corrected chi connectivity index (χ3v) is 7.09. The van der Waals surface area contributed by atoms with Crippen molar-refractivity contribution < 1.29 is 4.74 Å². The number of rotatable bonds is 3. The van der Waals surface area contributed by atoms with Crippen molar-refractivity contribution in [2.75, 3.05) is 12.4 Å². The molecule has 1 aromatic heterocycles. The van der Waals surface area contributed by atoms with Gasteiger partial charge in [-0.2, -0.15) is 0 Å². The predicted molar refractivity (Wildman–Crippen MR) is 107 cm³/mol. The van der Waals surface area contributed by atoms with Gasteiger partial charge in [-0.05, 0) is 34.5 Å². The summed E-state index contributed by atoms with van der Waals surface area (Å²) in [5.74, 6) is 1.86. The lowest BCUT2D eigenvalue weighted by Gasteiger charge is -2.30. The van der Waals surface area contributed by atoms with Gasteiger partial charge in [-0.1, -0.05) is 58.0 Å². The fraction of sp³-hybridized carbons (Fsp3) is 0.278. The zero-order chi connectivity index (χ0) is 16.7. The second-order valence-electron chi connectivity index (χ2n) is 5.65. The smallest absolute Gasteiger partial charge is 0.169 e. The maximum atomic E-state index is 5.77. The molecule has 0 spiro atoms. The third kappa shape index (κ3) is 2.78. The van der Waals surface area contributed by atoms with E-state index in [0.29, 0.717) is 11.4 Å². The van der Waals surface area contributed by atoms with Crippen molar-refractivity contribution in [1.82, 2.24) is 9.55 Å². The van der Waals surface area contributed by atoms with Gasteiger partial charge >= 0.3 is 0 Å². The molecule has 0 saturated carbocycles. The van der Waals surface area contributed by atoms with Crippen LogP contribution < -0.4 is 4.74 Å². The molecule has 2 unspecified atom stereocenters. The van der Waals surface area contributed by atoms with E-state index in [1.807, 2.05) is 6.92 Å². The van der Waals surface area contributed by atoms with Gasteiger partial charge < -0.3 is 9.30 Å². The van der Waals surface area contributed by atoms with E-state index < -0.39 is 0 Å². The highest BCUT2D eigenvalue weighted by Crippen LogP contribution is 2.43. The number of hydrogen-bond donors (Lipinski definition) is 0. The van der Waals surface area contributed by atoms with E-state index in [4.69, 9.17) is 9.72 Å². The first-order valence-electron chi connectivity index (χ1n) is 7.85. The van der Waals surface area contributed by atoms with Crippen molar-refractivity contribution in [3.63, 3.8) is 0 Å². The second kappa shape index (κ2) is 6.73. The molecule has 2 atom stereocenters. The van der Waals surface area contributed by atoms with Crippen LogP contribution in [0.25, 0.3) is 11.0 Å². The molecule has 0 N–H and O–H groups in total. The Hall–Kier alpha value is -0.980. The highest BCUT2D eigenvalue weighted by molar-refractivity contribution is 9.10. The molecule has 2 aromatic carbocycles. The predicted octanol–water partition coefficient (Wildman–Crippen LogP) is 5.66. The quantitative estimate of drug-likeness (QED) is 0.465. The summed E-state index contributed by atoms with van der Waals surface area (Å²) in [7, 11) is 0. The van der Waals surface area contributed by atoms with Crippen LogP contribution in [0.4, 0.5) is 0 Å². The summed E-state index contributed by atoms with van der Waals surface area (Å²) in [5, 5.41) is 1.06. The molecule has 1 aliphatic rings. The lowest BCUT2D eigenvalue weighted by atomic mass is 10.0.